The largest absolute Gasteiger partial charge is 0.323 e. The number of fused-ring (bicyclic) bond motifs is 3. The van der Waals surface area contributed by atoms with Gasteiger partial charge in [0.15, 0.2) is 5.17 Å². The molecule has 0 aliphatic carbocycles. The lowest BCUT2D eigenvalue weighted by molar-refractivity contribution is -0.124. The van der Waals surface area contributed by atoms with Gasteiger partial charge in [0.2, 0.25) is 5.91 Å². The van der Waals surface area contributed by atoms with Gasteiger partial charge in [0.25, 0.3) is 5.91 Å². The Morgan fingerprint density at radius 3 is 2.86 bits per heavy atom. The van der Waals surface area contributed by atoms with Crippen molar-refractivity contribution < 1.29 is 18.4 Å². The molecule has 9 heteroatoms. The summed E-state index contributed by atoms with van der Waals surface area (Å²) in [5.41, 5.74) is 1.16. The minimum atomic E-state index is -0.735. The molecule has 0 radical (unpaired) electrons. The Kier molecular flexibility index (Phi) is 4.68. The molecule has 6 nitrogen and oxygen atoms in total. The van der Waals surface area contributed by atoms with E-state index in [1.807, 2.05) is 18.2 Å². The summed E-state index contributed by atoms with van der Waals surface area (Å²) in [5.74, 6) is -1.80. The lowest BCUT2D eigenvalue weighted by Crippen LogP contribution is -2.41. The zero-order chi connectivity index (χ0) is 19.8. The Hall–Kier alpha value is -3.07. The molecule has 142 valence electrons. The van der Waals surface area contributed by atoms with Gasteiger partial charge in [0, 0.05) is 11.6 Å². The van der Waals surface area contributed by atoms with E-state index in [1.165, 1.54) is 4.90 Å². The van der Waals surface area contributed by atoms with E-state index in [-0.39, 0.29) is 17.3 Å². The third-order valence-electron chi connectivity index (χ3n) is 4.19. The molecule has 2 amide bonds. The number of anilines is 1. The summed E-state index contributed by atoms with van der Waals surface area (Å²) in [7, 11) is 0. The van der Waals surface area contributed by atoms with Crippen molar-refractivity contribution in [3.63, 3.8) is 0 Å². The van der Waals surface area contributed by atoms with Crippen LogP contribution in [0.4, 0.5) is 20.2 Å². The minimum absolute atomic E-state index is 0.137. The summed E-state index contributed by atoms with van der Waals surface area (Å²) in [6.07, 6.45) is 0. The number of hydrogen-bond donors (Lipinski definition) is 1. The van der Waals surface area contributed by atoms with E-state index in [2.05, 4.69) is 15.3 Å². The first-order valence-corrected chi connectivity index (χ1v) is 9.40. The number of amidine groups is 2. The molecule has 0 bridgehead atoms. The van der Waals surface area contributed by atoms with Crippen molar-refractivity contribution >= 4 is 46.0 Å². The molecule has 0 unspecified atom stereocenters. The number of thioether (sulfide) groups is 1. The van der Waals surface area contributed by atoms with Crippen LogP contribution in [0.15, 0.2) is 52.4 Å². The van der Waals surface area contributed by atoms with Crippen molar-refractivity contribution in [2.24, 2.45) is 9.98 Å². The Labute approximate surface area is 163 Å². The highest BCUT2D eigenvalue weighted by molar-refractivity contribution is 8.14. The minimum Gasteiger partial charge on any atom is -0.323 e. The van der Waals surface area contributed by atoms with Crippen LogP contribution < -0.4 is 5.32 Å². The van der Waals surface area contributed by atoms with Crippen molar-refractivity contribution in [3.05, 3.63) is 59.7 Å². The van der Waals surface area contributed by atoms with Crippen LogP contribution in [0.25, 0.3) is 0 Å². The van der Waals surface area contributed by atoms with Gasteiger partial charge in [-0.2, -0.15) is 0 Å². The predicted molar refractivity (Wildman–Crippen MR) is 104 cm³/mol. The van der Waals surface area contributed by atoms with Crippen LogP contribution in [0.1, 0.15) is 12.5 Å². The third kappa shape index (κ3) is 3.29. The molecular weight excluding hydrogens is 386 g/mol. The molecule has 0 fully saturated rings. The highest BCUT2D eigenvalue weighted by atomic mass is 32.2. The molecule has 2 aromatic rings. The van der Waals surface area contributed by atoms with Crippen molar-refractivity contribution in [3.8, 4) is 0 Å². The average Bonchev–Trinajstić information content (AvgIpc) is 2.98. The summed E-state index contributed by atoms with van der Waals surface area (Å²) >= 11 is 1.03. The molecule has 28 heavy (non-hydrogen) atoms. The fourth-order valence-corrected chi connectivity index (χ4v) is 3.68. The molecule has 2 aliphatic rings. The van der Waals surface area contributed by atoms with Crippen molar-refractivity contribution in [2.45, 2.75) is 13.0 Å². The van der Waals surface area contributed by atoms with E-state index in [1.54, 1.807) is 13.0 Å². The quantitative estimate of drug-likeness (QED) is 0.859. The molecule has 4 rings (SSSR count). The zero-order valence-electron chi connectivity index (χ0n) is 14.6. The lowest BCUT2D eigenvalue weighted by atomic mass is 10.1. The number of carbonyl (C=O) groups is 2. The van der Waals surface area contributed by atoms with Crippen LogP contribution in [-0.2, 0) is 9.59 Å². The number of rotatable bonds is 3. The first-order chi connectivity index (χ1) is 13.4. The van der Waals surface area contributed by atoms with Crippen LogP contribution >= 0.6 is 11.8 Å². The standard InChI is InChI=1S/C19H14F2N4O2S/c1-10-18(27)25-17(22-10)12-4-2-3-5-14(12)24-19(25)28-9-16(26)23-15-8-11(20)6-7-13(15)21/h2-8,10H,9H2,1H3,(H,23,26)/t10-/m1/s1. The van der Waals surface area contributed by atoms with Crippen LogP contribution in [0.2, 0.25) is 0 Å². The van der Waals surface area contributed by atoms with E-state index in [0.717, 1.165) is 35.5 Å². The molecule has 1 atom stereocenters. The number of amides is 2. The topological polar surface area (TPSA) is 74.1 Å². The number of nitrogens with one attached hydrogen (secondary N) is 1. The first kappa shape index (κ1) is 18.3. The van der Waals surface area contributed by atoms with Gasteiger partial charge < -0.3 is 5.32 Å². The predicted octanol–water partition coefficient (Wildman–Crippen LogP) is 3.32. The molecule has 0 aromatic heterocycles. The third-order valence-corrected chi connectivity index (χ3v) is 5.13. The maximum atomic E-state index is 13.7. The number of halogens is 2. The smallest absolute Gasteiger partial charge is 0.258 e. The van der Waals surface area contributed by atoms with Crippen LogP contribution in [-0.4, -0.2) is 39.5 Å². The van der Waals surface area contributed by atoms with E-state index in [4.69, 9.17) is 0 Å². The molecule has 2 aromatic carbocycles. The van der Waals surface area contributed by atoms with Crippen LogP contribution in [0, 0.1) is 11.6 Å². The molecule has 0 saturated heterocycles. The molecule has 2 heterocycles. The second kappa shape index (κ2) is 7.16. The number of benzene rings is 2. The average molecular weight is 400 g/mol. The van der Waals surface area contributed by atoms with Crippen LogP contribution in [0.3, 0.4) is 0 Å². The highest BCUT2D eigenvalue weighted by Gasteiger charge is 2.39. The zero-order valence-corrected chi connectivity index (χ0v) is 15.5. The monoisotopic (exact) mass is 400 g/mol. The van der Waals surface area contributed by atoms with Crippen LogP contribution in [0.5, 0.6) is 0 Å². The van der Waals surface area contributed by atoms with Gasteiger partial charge in [-0.15, -0.1) is 0 Å². The van der Waals surface area contributed by atoms with E-state index >= 15 is 0 Å². The van der Waals surface area contributed by atoms with Gasteiger partial charge in [0.1, 0.15) is 23.5 Å². The second-order valence-electron chi connectivity index (χ2n) is 6.17. The number of nitrogens with zero attached hydrogens (tertiary/aromatic N) is 3. The van der Waals surface area contributed by atoms with E-state index in [9.17, 15) is 18.4 Å². The fraction of sp³-hybridized carbons (Fsp3) is 0.158. The number of carbonyl (C=O) groups excluding carboxylic acids is 2. The van der Waals surface area contributed by atoms with Gasteiger partial charge in [-0.1, -0.05) is 23.9 Å². The molecule has 2 aliphatic heterocycles. The SMILES string of the molecule is C[C@H]1N=C2c3ccccc3N=C(SCC(=O)Nc3cc(F)ccc3F)N2C1=O. The highest BCUT2D eigenvalue weighted by Crippen LogP contribution is 2.33. The summed E-state index contributed by atoms with van der Waals surface area (Å²) in [6, 6.07) is 9.55. The Morgan fingerprint density at radius 1 is 1.25 bits per heavy atom. The normalized spacial score (nSPS) is 17.6. The first-order valence-electron chi connectivity index (χ1n) is 8.41. The summed E-state index contributed by atoms with van der Waals surface area (Å²) in [6.45, 7) is 1.69. The Balaban J connectivity index is 1.53. The molecule has 0 saturated carbocycles. The van der Waals surface area contributed by atoms with Gasteiger partial charge in [0.05, 0.1) is 17.1 Å². The maximum Gasteiger partial charge on any atom is 0.258 e. The molecular formula is C19H14F2N4O2S. The fourth-order valence-electron chi connectivity index (χ4n) is 2.88. The van der Waals surface area contributed by atoms with Crippen molar-refractivity contribution in [1.82, 2.24) is 4.90 Å². The number of hydrogen-bond acceptors (Lipinski definition) is 5. The summed E-state index contributed by atoms with van der Waals surface area (Å²) in [5, 5.41) is 2.65. The summed E-state index contributed by atoms with van der Waals surface area (Å²) < 4.78 is 26.9. The lowest BCUT2D eigenvalue weighted by Gasteiger charge is -2.25. The Morgan fingerprint density at radius 2 is 2.04 bits per heavy atom. The number of aliphatic imine (C=N–C) groups is 2. The van der Waals surface area contributed by atoms with Gasteiger partial charge in [-0.25, -0.2) is 18.7 Å². The second-order valence-corrected chi connectivity index (χ2v) is 7.12. The number of para-hydroxylation sites is 1. The maximum absolute atomic E-state index is 13.7. The molecule has 0 spiro atoms. The van der Waals surface area contributed by atoms with E-state index < -0.39 is 23.6 Å². The van der Waals surface area contributed by atoms with Crippen molar-refractivity contribution in [1.29, 1.82) is 0 Å². The van der Waals surface area contributed by atoms with Crippen molar-refractivity contribution in [2.75, 3.05) is 11.1 Å². The van der Waals surface area contributed by atoms with Gasteiger partial charge >= 0.3 is 0 Å². The molecule has 1 N–H and O–H groups in total. The van der Waals surface area contributed by atoms with Gasteiger partial charge in [-0.3, -0.25) is 14.6 Å². The summed E-state index contributed by atoms with van der Waals surface area (Å²) in [4.78, 5) is 35.0. The van der Waals surface area contributed by atoms with Gasteiger partial charge in [-0.05, 0) is 31.2 Å². The van der Waals surface area contributed by atoms with E-state index in [0.29, 0.717) is 16.7 Å². The Bertz CT molecular complexity index is 1050.